The Kier molecular flexibility index (Phi) is 4.99. The van der Waals surface area contributed by atoms with Gasteiger partial charge in [-0.3, -0.25) is 14.6 Å². The van der Waals surface area contributed by atoms with Crippen molar-refractivity contribution in [1.29, 1.82) is 0 Å². The number of carbonyl (C=O) groups excluding carboxylic acids is 2. The number of amides is 2. The van der Waals surface area contributed by atoms with Crippen molar-refractivity contribution in [1.82, 2.24) is 0 Å². The van der Waals surface area contributed by atoms with Crippen LogP contribution < -0.4 is 10.2 Å². The molecule has 2 aliphatic rings. The van der Waals surface area contributed by atoms with E-state index in [1.54, 1.807) is 4.90 Å². The van der Waals surface area contributed by atoms with Crippen molar-refractivity contribution in [3.8, 4) is 0 Å². The first-order valence-electron chi connectivity index (χ1n) is 10.2. The molecule has 1 heterocycles. The van der Waals surface area contributed by atoms with Crippen LogP contribution in [0, 0.1) is 33.6 Å². The minimum Gasteiger partial charge on any atom is -0.324 e. The topological polar surface area (TPSA) is 61.8 Å². The van der Waals surface area contributed by atoms with Crippen molar-refractivity contribution >= 4 is 34.6 Å². The summed E-state index contributed by atoms with van der Waals surface area (Å²) in [5.74, 6) is -0.423. The van der Waals surface area contributed by atoms with Crippen LogP contribution in [0.4, 0.5) is 17.1 Å². The van der Waals surface area contributed by atoms with Gasteiger partial charge in [0, 0.05) is 11.4 Å². The highest BCUT2D eigenvalue weighted by atomic mass is 16.2. The predicted octanol–water partition coefficient (Wildman–Crippen LogP) is 4.78. The molecule has 1 fully saturated rings. The van der Waals surface area contributed by atoms with Gasteiger partial charge in [-0.15, -0.1) is 0 Å². The van der Waals surface area contributed by atoms with Gasteiger partial charge >= 0.3 is 0 Å². The third kappa shape index (κ3) is 3.57. The number of rotatable bonds is 3. The van der Waals surface area contributed by atoms with E-state index in [1.165, 1.54) is 0 Å². The summed E-state index contributed by atoms with van der Waals surface area (Å²) >= 11 is 0. The summed E-state index contributed by atoms with van der Waals surface area (Å²) in [4.78, 5) is 32.8. The maximum absolute atomic E-state index is 13.4. The molecule has 0 aromatic heterocycles. The number of hydrogen-bond donors (Lipinski definition) is 1. The molecule has 0 radical (unpaired) electrons. The lowest BCUT2D eigenvalue weighted by atomic mass is 10.0. The van der Waals surface area contributed by atoms with E-state index in [2.05, 4.69) is 5.32 Å². The second-order valence-corrected chi connectivity index (χ2v) is 8.19. The highest BCUT2D eigenvalue weighted by Crippen LogP contribution is 2.39. The van der Waals surface area contributed by atoms with E-state index in [1.807, 2.05) is 58.0 Å². The van der Waals surface area contributed by atoms with Gasteiger partial charge in [-0.05, 0) is 87.4 Å². The zero-order valence-electron chi connectivity index (χ0n) is 17.5. The summed E-state index contributed by atoms with van der Waals surface area (Å²) < 4.78 is 0. The number of fused-ring (bicyclic) bond motifs is 2. The van der Waals surface area contributed by atoms with Crippen LogP contribution in [0.5, 0.6) is 0 Å². The number of aliphatic imine (C=N–C) groups is 1. The molecule has 0 saturated heterocycles. The SMILES string of the molecule is Cc1cc2c(cc1C)N(CC(=O)Nc1cccc(C)c1C)C(=O)C1CCCC1=N2. The lowest BCUT2D eigenvalue weighted by molar-refractivity contribution is -0.122. The second-order valence-electron chi connectivity index (χ2n) is 8.19. The van der Waals surface area contributed by atoms with Crippen LogP contribution in [-0.2, 0) is 9.59 Å². The van der Waals surface area contributed by atoms with Crippen LogP contribution in [-0.4, -0.2) is 24.1 Å². The van der Waals surface area contributed by atoms with Gasteiger partial charge in [0.25, 0.3) is 0 Å². The maximum atomic E-state index is 13.4. The third-order valence-corrected chi connectivity index (χ3v) is 6.22. The zero-order chi connectivity index (χ0) is 20.7. The largest absolute Gasteiger partial charge is 0.324 e. The van der Waals surface area contributed by atoms with Crippen LogP contribution in [0.25, 0.3) is 0 Å². The molecule has 2 aromatic carbocycles. The number of nitrogens with one attached hydrogen (secondary N) is 1. The van der Waals surface area contributed by atoms with Crippen molar-refractivity contribution in [2.75, 3.05) is 16.8 Å². The molecule has 2 aromatic rings. The lowest BCUT2D eigenvalue weighted by Gasteiger charge is -2.25. The first-order valence-corrected chi connectivity index (χ1v) is 10.2. The fourth-order valence-electron chi connectivity index (χ4n) is 4.16. The predicted molar refractivity (Wildman–Crippen MR) is 117 cm³/mol. The van der Waals surface area contributed by atoms with Crippen LogP contribution in [0.15, 0.2) is 35.3 Å². The molecule has 1 aliphatic carbocycles. The second kappa shape index (κ2) is 7.47. The zero-order valence-corrected chi connectivity index (χ0v) is 17.5. The molecule has 0 spiro atoms. The Morgan fingerprint density at radius 1 is 1.14 bits per heavy atom. The lowest BCUT2D eigenvalue weighted by Crippen LogP contribution is -2.42. The smallest absolute Gasteiger partial charge is 0.244 e. The van der Waals surface area contributed by atoms with E-state index >= 15 is 0 Å². The number of carbonyl (C=O) groups is 2. The van der Waals surface area contributed by atoms with E-state index in [-0.39, 0.29) is 24.3 Å². The highest BCUT2D eigenvalue weighted by Gasteiger charge is 2.37. The summed E-state index contributed by atoms with van der Waals surface area (Å²) in [6.45, 7) is 8.06. The highest BCUT2D eigenvalue weighted by molar-refractivity contribution is 6.17. The molecule has 1 aliphatic heterocycles. The number of hydrogen-bond acceptors (Lipinski definition) is 3. The summed E-state index contributed by atoms with van der Waals surface area (Å²) in [5, 5.41) is 2.99. The van der Waals surface area contributed by atoms with Gasteiger partial charge in [0.15, 0.2) is 0 Å². The van der Waals surface area contributed by atoms with E-state index in [4.69, 9.17) is 4.99 Å². The molecule has 4 rings (SSSR count). The Hall–Kier alpha value is -2.95. The molecule has 1 atom stereocenters. The van der Waals surface area contributed by atoms with Crippen molar-refractivity contribution in [3.63, 3.8) is 0 Å². The van der Waals surface area contributed by atoms with Crippen LogP contribution in [0.2, 0.25) is 0 Å². The molecule has 0 bridgehead atoms. The first kappa shape index (κ1) is 19.4. The van der Waals surface area contributed by atoms with E-state index < -0.39 is 0 Å². The number of anilines is 2. The van der Waals surface area contributed by atoms with Gasteiger partial charge < -0.3 is 10.2 Å². The number of benzene rings is 2. The maximum Gasteiger partial charge on any atom is 0.244 e. The van der Waals surface area contributed by atoms with Crippen molar-refractivity contribution in [2.24, 2.45) is 10.9 Å². The van der Waals surface area contributed by atoms with E-state index in [0.717, 1.165) is 64.3 Å². The normalized spacial score (nSPS) is 18.1. The summed E-state index contributed by atoms with van der Waals surface area (Å²) in [6, 6.07) is 9.85. The number of aryl methyl sites for hydroxylation is 3. The average molecular weight is 389 g/mol. The Morgan fingerprint density at radius 3 is 2.69 bits per heavy atom. The standard InChI is InChI=1S/C24H27N3O2/c1-14-7-5-9-19(17(14)4)26-23(28)13-27-22-12-16(3)15(2)11-21(22)25-20-10-6-8-18(20)24(27)29/h5,7,9,11-12,18H,6,8,10,13H2,1-4H3,(H,26,28). The fourth-order valence-corrected chi connectivity index (χ4v) is 4.16. The van der Waals surface area contributed by atoms with Crippen LogP contribution in [0.1, 0.15) is 41.5 Å². The molecule has 1 N–H and O–H groups in total. The van der Waals surface area contributed by atoms with Gasteiger partial charge in [-0.2, -0.15) is 0 Å². The molecular weight excluding hydrogens is 362 g/mol. The van der Waals surface area contributed by atoms with E-state index in [9.17, 15) is 9.59 Å². The van der Waals surface area contributed by atoms with E-state index in [0.29, 0.717) is 0 Å². The average Bonchev–Trinajstić information content (AvgIpc) is 3.10. The van der Waals surface area contributed by atoms with Crippen LogP contribution in [0.3, 0.4) is 0 Å². The minimum absolute atomic E-state index is 0.0129. The van der Waals surface area contributed by atoms with Gasteiger partial charge in [-0.1, -0.05) is 12.1 Å². The van der Waals surface area contributed by atoms with Crippen molar-refractivity contribution < 1.29 is 9.59 Å². The van der Waals surface area contributed by atoms with Gasteiger partial charge in [0.2, 0.25) is 11.8 Å². The minimum atomic E-state index is -0.212. The Morgan fingerprint density at radius 2 is 1.90 bits per heavy atom. The molecular formula is C24H27N3O2. The first-order chi connectivity index (χ1) is 13.8. The molecule has 1 unspecified atom stereocenters. The molecule has 1 saturated carbocycles. The monoisotopic (exact) mass is 389 g/mol. The number of nitrogens with zero attached hydrogens (tertiary/aromatic N) is 2. The quantitative estimate of drug-likeness (QED) is 0.821. The Balaban J connectivity index is 1.67. The fraction of sp³-hybridized carbons (Fsp3) is 0.375. The summed E-state index contributed by atoms with van der Waals surface area (Å²) in [5.41, 5.74) is 7.65. The summed E-state index contributed by atoms with van der Waals surface area (Å²) in [7, 11) is 0. The van der Waals surface area contributed by atoms with Gasteiger partial charge in [-0.25, -0.2) is 0 Å². The summed E-state index contributed by atoms with van der Waals surface area (Å²) in [6.07, 6.45) is 2.63. The molecule has 150 valence electrons. The van der Waals surface area contributed by atoms with Crippen LogP contribution >= 0.6 is 0 Å². The third-order valence-electron chi connectivity index (χ3n) is 6.22. The van der Waals surface area contributed by atoms with Gasteiger partial charge in [0.1, 0.15) is 6.54 Å². The molecule has 5 nitrogen and oxygen atoms in total. The Labute approximate surface area is 171 Å². The Bertz CT molecular complexity index is 1040. The van der Waals surface area contributed by atoms with Crippen molar-refractivity contribution in [2.45, 2.75) is 47.0 Å². The van der Waals surface area contributed by atoms with Crippen molar-refractivity contribution in [3.05, 3.63) is 52.6 Å². The molecule has 2 amide bonds. The molecule has 5 heteroatoms. The molecule has 29 heavy (non-hydrogen) atoms. The van der Waals surface area contributed by atoms with Gasteiger partial charge in [0.05, 0.1) is 17.3 Å².